The molecule has 1 aromatic heterocycles. The minimum absolute atomic E-state index is 0.189. The average Bonchev–Trinajstić information content (AvgIpc) is 3.24. The molecule has 1 aromatic carbocycles. The maximum Gasteiger partial charge on any atom is 0.145 e. The summed E-state index contributed by atoms with van der Waals surface area (Å²) in [6, 6.07) is 7.86. The second-order valence-electron chi connectivity index (χ2n) is 6.62. The minimum atomic E-state index is 0.189. The van der Waals surface area contributed by atoms with Gasteiger partial charge < -0.3 is 15.2 Å². The zero-order valence-electron chi connectivity index (χ0n) is 13.5. The number of nitrogens with two attached hydrogens (primary N) is 1. The Morgan fingerprint density at radius 1 is 1.26 bits per heavy atom. The Hall–Kier alpha value is -2.23. The van der Waals surface area contributed by atoms with E-state index in [2.05, 4.69) is 24.0 Å². The molecule has 120 valence electrons. The Balaban J connectivity index is 1.70. The van der Waals surface area contributed by atoms with Crippen molar-refractivity contribution in [1.29, 1.82) is 0 Å². The van der Waals surface area contributed by atoms with Crippen LogP contribution in [0.25, 0.3) is 0 Å². The number of benzene rings is 1. The van der Waals surface area contributed by atoms with Crippen molar-refractivity contribution in [3.8, 4) is 17.2 Å². The lowest BCUT2D eigenvalue weighted by atomic mass is 9.94. The van der Waals surface area contributed by atoms with Crippen molar-refractivity contribution >= 4 is 5.82 Å². The van der Waals surface area contributed by atoms with Crippen LogP contribution >= 0.6 is 0 Å². The van der Waals surface area contributed by atoms with Crippen LogP contribution in [0.15, 0.2) is 30.5 Å². The van der Waals surface area contributed by atoms with Crippen LogP contribution in [0.4, 0.5) is 5.82 Å². The van der Waals surface area contributed by atoms with Gasteiger partial charge in [-0.25, -0.2) is 4.98 Å². The molecule has 2 N–H and O–H groups in total. The smallest absolute Gasteiger partial charge is 0.145 e. The van der Waals surface area contributed by atoms with E-state index in [0.717, 1.165) is 24.5 Å². The molecule has 1 saturated carbocycles. The van der Waals surface area contributed by atoms with Crippen molar-refractivity contribution in [3.63, 3.8) is 0 Å². The maximum atomic E-state index is 6.11. The van der Waals surface area contributed by atoms with Gasteiger partial charge in [-0.2, -0.15) is 0 Å². The molecule has 1 spiro atoms. The highest BCUT2D eigenvalue weighted by Crippen LogP contribution is 2.59. The van der Waals surface area contributed by atoms with Crippen molar-refractivity contribution in [2.75, 3.05) is 12.3 Å². The Labute approximate surface area is 136 Å². The van der Waals surface area contributed by atoms with Crippen LogP contribution in [0.5, 0.6) is 17.2 Å². The lowest BCUT2D eigenvalue weighted by Crippen LogP contribution is -2.08. The third kappa shape index (κ3) is 2.52. The molecule has 2 heterocycles. The van der Waals surface area contributed by atoms with E-state index in [1.807, 2.05) is 6.07 Å². The van der Waals surface area contributed by atoms with E-state index >= 15 is 0 Å². The predicted molar refractivity (Wildman–Crippen MR) is 90.2 cm³/mol. The molecule has 0 radical (unpaired) electrons. The number of ether oxygens (including phenoxy) is 2. The monoisotopic (exact) mass is 310 g/mol. The minimum Gasteiger partial charge on any atom is -0.492 e. The first-order chi connectivity index (χ1) is 11.2. The van der Waals surface area contributed by atoms with Crippen LogP contribution in [0, 0.1) is 0 Å². The van der Waals surface area contributed by atoms with Crippen molar-refractivity contribution in [2.24, 2.45) is 0 Å². The molecule has 4 nitrogen and oxygen atoms in total. The van der Waals surface area contributed by atoms with Gasteiger partial charge in [0.1, 0.15) is 23.1 Å². The number of hydrogen-bond donors (Lipinski definition) is 1. The molecular formula is C19H22N2O2. The fraction of sp³-hybridized carbons (Fsp3) is 0.421. The fourth-order valence-corrected chi connectivity index (χ4v) is 3.33. The summed E-state index contributed by atoms with van der Waals surface area (Å²) in [7, 11) is 0. The number of aryl methyl sites for hydroxylation is 1. The van der Waals surface area contributed by atoms with Gasteiger partial charge in [-0.3, -0.25) is 0 Å². The molecule has 4 rings (SSSR count). The number of aromatic nitrogens is 1. The summed E-state index contributed by atoms with van der Waals surface area (Å²) in [5, 5.41) is 0. The van der Waals surface area contributed by atoms with Gasteiger partial charge in [0.25, 0.3) is 0 Å². The van der Waals surface area contributed by atoms with Crippen molar-refractivity contribution in [2.45, 2.75) is 44.4 Å². The van der Waals surface area contributed by atoms with E-state index in [1.54, 1.807) is 12.3 Å². The Morgan fingerprint density at radius 3 is 2.83 bits per heavy atom. The van der Waals surface area contributed by atoms with Crippen LogP contribution in [0.3, 0.4) is 0 Å². The number of anilines is 1. The number of unbranched alkanes of at least 4 members (excludes halogenated alkanes) is 1. The normalized spacial score (nSPS) is 16.9. The van der Waals surface area contributed by atoms with Gasteiger partial charge in [0.05, 0.1) is 12.8 Å². The predicted octanol–water partition coefficient (Wildman–Crippen LogP) is 4.22. The van der Waals surface area contributed by atoms with E-state index in [0.29, 0.717) is 11.6 Å². The second kappa shape index (κ2) is 5.44. The molecule has 0 bridgehead atoms. The molecule has 4 heteroatoms. The largest absolute Gasteiger partial charge is 0.492 e. The highest BCUT2D eigenvalue weighted by Gasteiger charge is 2.53. The first kappa shape index (κ1) is 14.4. The van der Waals surface area contributed by atoms with Crippen LogP contribution in [0.1, 0.15) is 43.7 Å². The first-order valence-electron chi connectivity index (χ1n) is 8.40. The highest BCUT2D eigenvalue weighted by molar-refractivity contribution is 5.60. The molecule has 0 saturated heterocycles. The topological polar surface area (TPSA) is 57.4 Å². The van der Waals surface area contributed by atoms with Crippen molar-refractivity contribution in [3.05, 3.63) is 41.6 Å². The fourth-order valence-electron chi connectivity index (χ4n) is 3.33. The summed E-state index contributed by atoms with van der Waals surface area (Å²) in [5.74, 6) is 3.18. The quantitative estimate of drug-likeness (QED) is 0.898. The number of pyridine rings is 1. The van der Waals surface area contributed by atoms with Crippen molar-refractivity contribution < 1.29 is 9.47 Å². The van der Waals surface area contributed by atoms with E-state index in [9.17, 15) is 0 Å². The van der Waals surface area contributed by atoms with E-state index in [4.69, 9.17) is 15.2 Å². The van der Waals surface area contributed by atoms with Gasteiger partial charge in [0.15, 0.2) is 0 Å². The molecule has 0 amide bonds. The summed E-state index contributed by atoms with van der Waals surface area (Å²) in [4.78, 5) is 4.10. The standard InChI is InChI=1S/C19H22N2O2/c1-2-3-4-13-5-7-15(23-14-6-8-16(20)21-11-14)17-18(13)22-12-19(17)9-10-19/h5-8,11H,2-4,9-10,12H2,1H3,(H2,20,21). The number of nitrogens with zero attached hydrogens (tertiary/aromatic N) is 1. The van der Waals surface area contributed by atoms with Gasteiger partial charge in [-0.05, 0) is 49.4 Å². The Morgan fingerprint density at radius 2 is 2.13 bits per heavy atom. The molecule has 1 fully saturated rings. The van der Waals surface area contributed by atoms with Gasteiger partial charge in [0.2, 0.25) is 0 Å². The molecule has 1 aliphatic carbocycles. The van der Waals surface area contributed by atoms with E-state index in [-0.39, 0.29) is 5.41 Å². The third-order valence-corrected chi connectivity index (χ3v) is 4.86. The zero-order valence-corrected chi connectivity index (χ0v) is 13.5. The van der Waals surface area contributed by atoms with Gasteiger partial charge in [0, 0.05) is 11.0 Å². The Kier molecular flexibility index (Phi) is 3.40. The number of fused-ring (bicyclic) bond motifs is 2. The third-order valence-electron chi connectivity index (χ3n) is 4.86. The van der Waals surface area contributed by atoms with E-state index in [1.165, 1.54) is 36.8 Å². The number of hydrogen-bond acceptors (Lipinski definition) is 4. The van der Waals surface area contributed by atoms with Gasteiger partial charge in [-0.1, -0.05) is 19.4 Å². The van der Waals surface area contributed by atoms with E-state index < -0.39 is 0 Å². The van der Waals surface area contributed by atoms with Crippen LogP contribution in [0.2, 0.25) is 0 Å². The molecular weight excluding hydrogens is 288 g/mol. The lowest BCUT2D eigenvalue weighted by molar-refractivity contribution is 0.320. The summed E-state index contributed by atoms with van der Waals surface area (Å²) in [6.07, 6.45) is 7.49. The second-order valence-corrected chi connectivity index (χ2v) is 6.62. The molecule has 1 aliphatic heterocycles. The average molecular weight is 310 g/mol. The summed E-state index contributed by atoms with van der Waals surface area (Å²) in [6.45, 7) is 3.01. The maximum absolute atomic E-state index is 6.11. The van der Waals surface area contributed by atoms with Crippen LogP contribution in [-0.4, -0.2) is 11.6 Å². The SMILES string of the molecule is CCCCc1ccc(Oc2ccc(N)nc2)c2c1OCC21CC1. The summed E-state index contributed by atoms with van der Waals surface area (Å²) < 4.78 is 12.2. The molecule has 0 atom stereocenters. The summed E-state index contributed by atoms with van der Waals surface area (Å²) >= 11 is 0. The molecule has 0 unspecified atom stereocenters. The Bertz CT molecular complexity index is 721. The summed E-state index contributed by atoms with van der Waals surface area (Å²) in [5.41, 5.74) is 8.41. The zero-order chi connectivity index (χ0) is 15.9. The van der Waals surface area contributed by atoms with Crippen LogP contribution < -0.4 is 15.2 Å². The first-order valence-corrected chi connectivity index (χ1v) is 8.40. The molecule has 23 heavy (non-hydrogen) atoms. The van der Waals surface area contributed by atoms with Crippen molar-refractivity contribution in [1.82, 2.24) is 4.98 Å². The van der Waals surface area contributed by atoms with Gasteiger partial charge in [-0.15, -0.1) is 0 Å². The molecule has 2 aromatic rings. The van der Waals surface area contributed by atoms with Gasteiger partial charge >= 0.3 is 0 Å². The van der Waals surface area contributed by atoms with Crippen LogP contribution in [-0.2, 0) is 11.8 Å². The lowest BCUT2D eigenvalue weighted by Gasteiger charge is -2.15. The molecule has 2 aliphatic rings. The number of nitrogen functional groups attached to an aromatic ring is 1. The number of rotatable bonds is 5. The highest BCUT2D eigenvalue weighted by atomic mass is 16.5.